The largest absolute Gasteiger partial charge is 0.476 e. The number of rotatable bonds is 11. The molecule has 4 atom stereocenters. The van der Waals surface area contributed by atoms with Crippen LogP contribution in [0.2, 0.25) is 0 Å². The fraction of sp³-hybridized carbons (Fsp3) is 0.333. The molecule has 3 heterocycles. The van der Waals surface area contributed by atoms with Crippen molar-refractivity contribution in [3.8, 4) is 17.3 Å². The maximum atomic E-state index is 12.3. The van der Waals surface area contributed by atoms with Gasteiger partial charge in [0.1, 0.15) is 18.5 Å². The van der Waals surface area contributed by atoms with Crippen molar-refractivity contribution >= 4 is 40.7 Å². The summed E-state index contributed by atoms with van der Waals surface area (Å²) in [5.74, 6) is -1.74. The number of nitrogen functional groups attached to an aromatic ring is 1. The molecule has 1 aliphatic heterocycles. The molecule has 16 nitrogen and oxygen atoms in total. The van der Waals surface area contributed by atoms with Crippen molar-refractivity contribution in [1.82, 2.24) is 19.5 Å². The van der Waals surface area contributed by atoms with Crippen LogP contribution in [-0.2, 0) is 39.8 Å². The molecule has 46 heavy (non-hydrogen) atoms. The summed E-state index contributed by atoms with van der Waals surface area (Å²) in [7, 11) is 0. The molecule has 16 heteroatoms. The SMILES string of the molecule is CC(=O)OC[C@H]1O[C@@H](n2c(-c3ccccc3)nc3c(OCCc4ccc([N+](=O)[O-])cc4)nc(N)nc32)[C@H](OC(C)=O)[C@@H]1OC(C)=O. The van der Waals surface area contributed by atoms with Crippen LogP contribution in [0, 0.1) is 10.1 Å². The zero-order valence-corrected chi connectivity index (χ0v) is 25.0. The quantitative estimate of drug-likeness (QED) is 0.109. The van der Waals surface area contributed by atoms with Crippen molar-refractivity contribution in [3.63, 3.8) is 0 Å². The van der Waals surface area contributed by atoms with E-state index in [9.17, 15) is 24.5 Å². The average Bonchev–Trinajstić information content (AvgIpc) is 3.54. The second-order valence-corrected chi connectivity index (χ2v) is 10.3. The third-order valence-corrected chi connectivity index (χ3v) is 6.93. The van der Waals surface area contributed by atoms with Crippen LogP contribution in [0.5, 0.6) is 5.88 Å². The fourth-order valence-corrected chi connectivity index (χ4v) is 5.05. The van der Waals surface area contributed by atoms with Gasteiger partial charge in [0.2, 0.25) is 11.8 Å². The number of carbonyl (C=O) groups is 3. The van der Waals surface area contributed by atoms with E-state index < -0.39 is 47.4 Å². The highest BCUT2D eigenvalue weighted by atomic mass is 16.7. The van der Waals surface area contributed by atoms with E-state index in [1.54, 1.807) is 41.0 Å². The van der Waals surface area contributed by atoms with Crippen LogP contribution in [0.15, 0.2) is 54.6 Å². The van der Waals surface area contributed by atoms with Crippen LogP contribution >= 0.6 is 0 Å². The Morgan fingerprint density at radius 1 is 0.935 bits per heavy atom. The second-order valence-electron chi connectivity index (χ2n) is 10.3. The van der Waals surface area contributed by atoms with Crippen molar-refractivity contribution in [2.24, 2.45) is 0 Å². The van der Waals surface area contributed by atoms with Gasteiger partial charge in [0.15, 0.2) is 29.6 Å². The highest BCUT2D eigenvalue weighted by Crippen LogP contribution is 2.40. The Morgan fingerprint density at radius 3 is 2.24 bits per heavy atom. The van der Waals surface area contributed by atoms with E-state index in [0.29, 0.717) is 17.8 Å². The van der Waals surface area contributed by atoms with E-state index in [1.165, 1.54) is 32.9 Å². The summed E-state index contributed by atoms with van der Waals surface area (Å²) in [5, 5.41) is 11.0. The Labute approximate surface area is 261 Å². The number of ether oxygens (including phenoxy) is 5. The molecule has 2 aromatic heterocycles. The maximum Gasteiger partial charge on any atom is 0.303 e. The first kappa shape index (κ1) is 31.8. The first-order valence-corrected chi connectivity index (χ1v) is 14.1. The summed E-state index contributed by atoms with van der Waals surface area (Å²) in [4.78, 5) is 60.1. The molecule has 0 aliphatic carbocycles. The van der Waals surface area contributed by atoms with Gasteiger partial charge in [-0.25, -0.2) is 4.98 Å². The number of nitro groups is 1. The van der Waals surface area contributed by atoms with Crippen molar-refractivity contribution in [3.05, 3.63) is 70.3 Å². The Hall–Kier alpha value is -5.64. The van der Waals surface area contributed by atoms with Gasteiger partial charge in [0.25, 0.3) is 5.69 Å². The van der Waals surface area contributed by atoms with Crippen LogP contribution in [0.3, 0.4) is 0 Å². The lowest BCUT2D eigenvalue weighted by molar-refractivity contribution is -0.384. The molecule has 2 N–H and O–H groups in total. The number of hydrogen-bond donors (Lipinski definition) is 1. The predicted octanol–water partition coefficient (Wildman–Crippen LogP) is 2.93. The first-order valence-electron chi connectivity index (χ1n) is 14.1. The van der Waals surface area contributed by atoms with Crippen LogP contribution < -0.4 is 10.5 Å². The minimum absolute atomic E-state index is 0.0267. The highest BCUT2D eigenvalue weighted by molar-refractivity contribution is 5.82. The van der Waals surface area contributed by atoms with Gasteiger partial charge in [0, 0.05) is 44.9 Å². The Bertz CT molecular complexity index is 1760. The number of nitrogens with zero attached hydrogens (tertiary/aromatic N) is 5. The molecule has 1 fully saturated rings. The van der Waals surface area contributed by atoms with E-state index in [-0.39, 0.29) is 41.9 Å². The molecule has 1 aliphatic rings. The Kier molecular flexibility index (Phi) is 9.37. The Morgan fingerprint density at radius 2 is 1.61 bits per heavy atom. The molecule has 0 radical (unpaired) electrons. The number of imidazole rings is 1. The number of non-ortho nitro benzene ring substituents is 1. The normalized spacial score (nSPS) is 19.0. The molecule has 2 aromatic carbocycles. The molecule has 0 bridgehead atoms. The second kappa shape index (κ2) is 13.6. The van der Waals surface area contributed by atoms with Crippen LogP contribution in [0.4, 0.5) is 11.6 Å². The molecular formula is C30H30N6O10. The average molecular weight is 635 g/mol. The number of fused-ring (bicyclic) bond motifs is 1. The Balaban J connectivity index is 1.58. The molecule has 0 amide bonds. The van der Waals surface area contributed by atoms with Gasteiger partial charge >= 0.3 is 17.9 Å². The molecule has 5 rings (SSSR count). The predicted molar refractivity (Wildman–Crippen MR) is 159 cm³/mol. The summed E-state index contributed by atoms with van der Waals surface area (Å²) >= 11 is 0. The van der Waals surface area contributed by atoms with E-state index in [0.717, 1.165) is 5.56 Å². The van der Waals surface area contributed by atoms with Crippen molar-refractivity contribution in [2.45, 2.75) is 51.7 Å². The summed E-state index contributed by atoms with van der Waals surface area (Å²) in [5.41, 5.74) is 7.87. The lowest BCUT2D eigenvalue weighted by atomic mass is 10.1. The summed E-state index contributed by atoms with van der Waals surface area (Å²) in [6.45, 7) is 3.42. The molecule has 0 saturated carbocycles. The van der Waals surface area contributed by atoms with Crippen molar-refractivity contribution in [2.75, 3.05) is 18.9 Å². The third-order valence-electron chi connectivity index (χ3n) is 6.93. The van der Waals surface area contributed by atoms with E-state index >= 15 is 0 Å². The summed E-state index contributed by atoms with van der Waals surface area (Å²) in [6, 6.07) is 15.1. The minimum atomic E-state index is -1.22. The zero-order valence-electron chi connectivity index (χ0n) is 25.0. The van der Waals surface area contributed by atoms with Gasteiger partial charge in [-0.1, -0.05) is 42.5 Å². The van der Waals surface area contributed by atoms with E-state index in [2.05, 4.69) is 9.97 Å². The van der Waals surface area contributed by atoms with Gasteiger partial charge in [-0.05, 0) is 5.56 Å². The molecule has 0 spiro atoms. The number of nitro benzene ring substituents is 1. The monoisotopic (exact) mass is 634 g/mol. The standard InChI is InChI=1S/C30H30N6O10/c1-16(37)43-15-22-24(44-17(2)38)25(45-18(3)39)29(46-22)35-26(20-7-5-4-6-8-20)32-23-27(35)33-30(31)34-28(23)42-14-13-19-9-11-21(12-10-19)36(40)41/h4-12,22,24-25,29H,13-15H2,1-3H3,(H2,31,33,34)/t22-,24-,25-,29-/m1/s1. The van der Waals surface area contributed by atoms with E-state index in [1.807, 2.05) is 6.07 Å². The van der Waals surface area contributed by atoms with E-state index in [4.69, 9.17) is 34.4 Å². The van der Waals surface area contributed by atoms with Crippen LogP contribution in [-0.4, -0.2) is 73.9 Å². The number of aromatic nitrogens is 4. The highest BCUT2D eigenvalue weighted by Gasteiger charge is 2.52. The van der Waals surface area contributed by atoms with Crippen molar-refractivity contribution in [1.29, 1.82) is 0 Å². The van der Waals surface area contributed by atoms with Crippen molar-refractivity contribution < 1.29 is 43.0 Å². The van der Waals surface area contributed by atoms with Gasteiger partial charge in [-0.2, -0.15) is 9.97 Å². The molecule has 4 aromatic rings. The molecular weight excluding hydrogens is 604 g/mol. The number of hydrogen-bond acceptors (Lipinski definition) is 14. The summed E-state index contributed by atoms with van der Waals surface area (Å²) in [6.07, 6.45) is -4.21. The summed E-state index contributed by atoms with van der Waals surface area (Å²) < 4.78 is 30.2. The topological polar surface area (TPSA) is 210 Å². The third kappa shape index (κ3) is 7.02. The van der Waals surface area contributed by atoms with Gasteiger partial charge in [0.05, 0.1) is 11.5 Å². The van der Waals surface area contributed by atoms with Crippen LogP contribution in [0.1, 0.15) is 32.6 Å². The number of esters is 3. The number of benzene rings is 2. The number of nitrogens with two attached hydrogens (primary N) is 1. The number of carbonyl (C=O) groups excluding carboxylic acids is 3. The van der Waals surface area contributed by atoms with Gasteiger partial charge < -0.3 is 29.4 Å². The lowest BCUT2D eigenvalue weighted by Gasteiger charge is -2.24. The first-order chi connectivity index (χ1) is 22.0. The fourth-order valence-electron chi connectivity index (χ4n) is 5.05. The van der Waals surface area contributed by atoms with Gasteiger partial charge in [-0.15, -0.1) is 0 Å². The van der Waals surface area contributed by atoms with Crippen LogP contribution in [0.25, 0.3) is 22.6 Å². The molecule has 0 unspecified atom stereocenters. The maximum absolute atomic E-state index is 12.3. The molecule has 1 saturated heterocycles. The minimum Gasteiger partial charge on any atom is -0.476 e. The van der Waals surface area contributed by atoms with Gasteiger partial charge in [-0.3, -0.25) is 29.1 Å². The number of anilines is 1. The lowest BCUT2D eigenvalue weighted by Crippen LogP contribution is -2.40. The molecule has 240 valence electrons. The smallest absolute Gasteiger partial charge is 0.303 e. The zero-order chi connectivity index (χ0) is 33.0.